The largest absolute Gasteiger partial charge is 0.443 e. The highest BCUT2D eigenvalue weighted by atomic mass is 16.6. The predicted molar refractivity (Wildman–Crippen MR) is 135 cm³/mol. The SMILES string of the molecule is CCC1=CC(N2CCNCC2)=NC(c2noc(C)n2)=C(N(C(=O)OC(C)(C)C)C(=O)OC(C)(C)C)C1. The molecule has 198 valence electrons. The fourth-order valence-corrected chi connectivity index (χ4v) is 3.70. The van der Waals surface area contributed by atoms with Crippen molar-refractivity contribution in [2.24, 2.45) is 4.99 Å². The van der Waals surface area contributed by atoms with Crippen molar-refractivity contribution in [3.05, 3.63) is 29.1 Å². The highest BCUT2D eigenvalue weighted by Gasteiger charge is 2.37. The Kier molecular flexibility index (Phi) is 8.22. The molecule has 0 radical (unpaired) electrons. The molecule has 1 aromatic heterocycles. The molecule has 2 aliphatic heterocycles. The molecule has 36 heavy (non-hydrogen) atoms. The summed E-state index contributed by atoms with van der Waals surface area (Å²) in [5.74, 6) is 1.23. The van der Waals surface area contributed by atoms with Crippen LogP contribution in [0.2, 0.25) is 0 Å². The highest BCUT2D eigenvalue weighted by Crippen LogP contribution is 2.33. The molecule has 0 bridgehead atoms. The maximum atomic E-state index is 13.5. The molecule has 2 aliphatic rings. The third-order valence-corrected chi connectivity index (χ3v) is 5.28. The van der Waals surface area contributed by atoms with Crippen LogP contribution >= 0.6 is 0 Å². The normalized spacial score (nSPS) is 17.3. The zero-order chi connectivity index (χ0) is 26.7. The second kappa shape index (κ2) is 10.8. The molecular weight excluding hydrogens is 464 g/mol. The molecule has 3 rings (SSSR count). The van der Waals surface area contributed by atoms with Crippen LogP contribution in [-0.2, 0) is 9.47 Å². The van der Waals surface area contributed by atoms with Crippen LogP contribution in [0.4, 0.5) is 9.59 Å². The summed E-state index contributed by atoms with van der Waals surface area (Å²) in [6, 6.07) is 0. The Morgan fingerprint density at radius 2 is 1.67 bits per heavy atom. The van der Waals surface area contributed by atoms with E-state index in [-0.39, 0.29) is 23.6 Å². The van der Waals surface area contributed by atoms with Gasteiger partial charge in [-0.1, -0.05) is 17.7 Å². The van der Waals surface area contributed by atoms with Crippen molar-refractivity contribution in [3.63, 3.8) is 0 Å². The van der Waals surface area contributed by atoms with Gasteiger partial charge in [-0.25, -0.2) is 14.6 Å². The number of carbonyl (C=O) groups excluding carboxylic acids is 2. The number of carbonyl (C=O) groups is 2. The number of aryl methyl sites for hydroxylation is 1. The van der Waals surface area contributed by atoms with Crippen LogP contribution in [0.3, 0.4) is 0 Å². The number of hydrogen-bond acceptors (Lipinski definition) is 10. The van der Waals surface area contributed by atoms with Gasteiger partial charge in [0.05, 0.1) is 5.70 Å². The molecule has 2 amide bonds. The van der Waals surface area contributed by atoms with Gasteiger partial charge in [0.25, 0.3) is 0 Å². The third kappa shape index (κ3) is 7.16. The number of nitrogens with zero attached hydrogens (tertiary/aromatic N) is 5. The molecule has 1 saturated heterocycles. The van der Waals surface area contributed by atoms with Crippen molar-refractivity contribution in [1.29, 1.82) is 0 Å². The van der Waals surface area contributed by atoms with E-state index in [4.69, 9.17) is 19.0 Å². The van der Waals surface area contributed by atoms with Gasteiger partial charge in [0.2, 0.25) is 11.7 Å². The van der Waals surface area contributed by atoms with E-state index >= 15 is 0 Å². The van der Waals surface area contributed by atoms with Gasteiger partial charge < -0.3 is 24.2 Å². The lowest BCUT2D eigenvalue weighted by Gasteiger charge is -2.30. The standard InChI is InChI=1S/C25H38N6O5/c1-9-17-14-18(31(22(32)34-24(3,4)5)23(33)35-25(6,7)8)20(21-27-16(2)36-29-21)28-19(15-17)30-12-10-26-11-13-30/h15,26H,9-14H2,1-8H3. The number of rotatable bonds is 3. The first-order valence-corrected chi connectivity index (χ1v) is 12.3. The molecule has 0 aliphatic carbocycles. The number of aromatic nitrogens is 2. The number of aliphatic imine (C=N–C) groups is 1. The van der Waals surface area contributed by atoms with Crippen LogP contribution in [0.5, 0.6) is 0 Å². The summed E-state index contributed by atoms with van der Waals surface area (Å²) in [7, 11) is 0. The van der Waals surface area contributed by atoms with Crippen LogP contribution in [0, 0.1) is 6.92 Å². The van der Waals surface area contributed by atoms with Crippen molar-refractivity contribution in [2.45, 2.75) is 79.4 Å². The van der Waals surface area contributed by atoms with Gasteiger partial charge >= 0.3 is 12.2 Å². The molecule has 0 unspecified atom stereocenters. The molecule has 0 aromatic carbocycles. The fourth-order valence-electron chi connectivity index (χ4n) is 3.70. The molecular formula is C25H38N6O5. The molecule has 1 N–H and O–H groups in total. The molecule has 0 spiro atoms. The lowest BCUT2D eigenvalue weighted by Crippen LogP contribution is -2.46. The summed E-state index contributed by atoms with van der Waals surface area (Å²) < 4.78 is 16.5. The Bertz CT molecular complexity index is 1040. The average molecular weight is 503 g/mol. The van der Waals surface area contributed by atoms with Gasteiger partial charge in [-0.05, 0) is 54.0 Å². The van der Waals surface area contributed by atoms with E-state index < -0.39 is 23.4 Å². The number of piperazine rings is 1. The number of amides is 2. The molecule has 0 saturated carbocycles. The molecule has 11 nitrogen and oxygen atoms in total. The topological polar surface area (TPSA) is 122 Å². The van der Waals surface area contributed by atoms with E-state index in [0.717, 1.165) is 36.7 Å². The molecule has 0 atom stereocenters. The Balaban J connectivity index is 2.23. The van der Waals surface area contributed by atoms with E-state index in [2.05, 4.69) is 20.4 Å². The lowest BCUT2D eigenvalue weighted by molar-refractivity contribution is 0.00797. The number of nitrogens with one attached hydrogen (secondary N) is 1. The summed E-state index contributed by atoms with van der Waals surface area (Å²) in [5, 5.41) is 7.42. The maximum Gasteiger partial charge on any atom is 0.424 e. The van der Waals surface area contributed by atoms with E-state index in [1.54, 1.807) is 48.5 Å². The minimum Gasteiger partial charge on any atom is -0.443 e. The number of imide groups is 1. The second-order valence-electron chi connectivity index (χ2n) is 10.8. The average Bonchev–Trinajstić information content (AvgIpc) is 3.09. The number of ether oxygens (including phenoxy) is 2. The summed E-state index contributed by atoms with van der Waals surface area (Å²) >= 11 is 0. The van der Waals surface area contributed by atoms with Crippen LogP contribution in [-0.4, -0.2) is 75.3 Å². The minimum atomic E-state index is -0.860. The van der Waals surface area contributed by atoms with E-state index in [9.17, 15) is 9.59 Å². The van der Waals surface area contributed by atoms with Gasteiger partial charge in [0.15, 0.2) is 0 Å². The summed E-state index contributed by atoms with van der Waals surface area (Å²) in [5.41, 5.74) is -0.169. The monoisotopic (exact) mass is 502 g/mol. The quantitative estimate of drug-likeness (QED) is 0.646. The van der Waals surface area contributed by atoms with Crippen molar-refractivity contribution in [1.82, 2.24) is 25.3 Å². The first-order valence-electron chi connectivity index (χ1n) is 12.3. The Morgan fingerprint density at radius 1 is 1.08 bits per heavy atom. The van der Waals surface area contributed by atoms with Gasteiger partial charge in [-0.3, -0.25) is 0 Å². The van der Waals surface area contributed by atoms with Crippen molar-refractivity contribution in [2.75, 3.05) is 26.2 Å². The van der Waals surface area contributed by atoms with E-state index in [1.165, 1.54) is 0 Å². The molecule has 1 fully saturated rings. The molecule has 3 heterocycles. The number of allylic oxidation sites excluding steroid dienone is 1. The van der Waals surface area contributed by atoms with Crippen LogP contribution in [0.1, 0.15) is 73.0 Å². The van der Waals surface area contributed by atoms with Crippen LogP contribution < -0.4 is 5.32 Å². The first kappa shape index (κ1) is 27.4. The van der Waals surface area contributed by atoms with Crippen LogP contribution in [0.15, 0.2) is 26.9 Å². The van der Waals surface area contributed by atoms with Gasteiger partial charge in [0.1, 0.15) is 22.7 Å². The first-order chi connectivity index (χ1) is 16.8. The van der Waals surface area contributed by atoms with Crippen molar-refractivity contribution >= 4 is 23.7 Å². The van der Waals surface area contributed by atoms with Gasteiger partial charge in [-0.15, -0.1) is 0 Å². The zero-order valence-electron chi connectivity index (χ0n) is 22.6. The Morgan fingerprint density at radius 3 is 2.14 bits per heavy atom. The predicted octanol–water partition coefficient (Wildman–Crippen LogP) is 4.26. The van der Waals surface area contributed by atoms with Crippen molar-refractivity contribution < 1.29 is 23.6 Å². The van der Waals surface area contributed by atoms with Gasteiger partial charge in [0, 0.05) is 39.5 Å². The third-order valence-electron chi connectivity index (χ3n) is 5.28. The zero-order valence-corrected chi connectivity index (χ0v) is 22.6. The molecule has 11 heteroatoms. The van der Waals surface area contributed by atoms with Gasteiger partial charge in [-0.2, -0.15) is 9.88 Å². The van der Waals surface area contributed by atoms with Crippen molar-refractivity contribution in [3.8, 4) is 0 Å². The Labute approximate surface area is 212 Å². The fraction of sp³-hybridized carbons (Fsp3) is 0.640. The smallest absolute Gasteiger partial charge is 0.424 e. The maximum absolute atomic E-state index is 13.5. The van der Waals surface area contributed by atoms with Crippen LogP contribution in [0.25, 0.3) is 5.70 Å². The highest BCUT2D eigenvalue weighted by molar-refractivity contribution is 6.00. The summed E-state index contributed by atoms with van der Waals surface area (Å²) in [4.78, 5) is 39.3. The minimum absolute atomic E-state index is 0.179. The van der Waals surface area contributed by atoms with E-state index in [0.29, 0.717) is 18.1 Å². The second-order valence-corrected chi connectivity index (χ2v) is 10.8. The molecule has 1 aromatic rings. The Hall–Kier alpha value is -3.21. The number of hydrogen-bond donors (Lipinski definition) is 1. The van der Waals surface area contributed by atoms with E-state index in [1.807, 2.05) is 13.0 Å². The number of amidine groups is 1. The lowest BCUT2D eigenvalue weighted by atomic mass is 10.1. The summed E-state index contributed by atoms with van der Waals surface area (Å²) in [6.45, 7) is 17.3. The summed E-state index contributed by atoms with van der Waals surface area (Å²) in [6.07, 6.45) is 1.22.